The Kier molecular flexibility index (Phi) is 9.12. The minimum atomic E-state index is -3.75. The van der Waals surface area contributed by atoms with E-state index in [1.807, 2.05) is 59.2 Å². The summed E-state index contributed by atoms with van der Waals surface area (Å²) >= 11 is 0. The largest absolute Gasteiger partial charge is 0.291 e. The molecule has 10 aromatic rings. The second kappa shape index (κ2) is 14.5. The average molecular weight is 800 g/mol. The standard InChI is InChI=1S/C23H17N3O2S.C22H16N4O2S/c1-29(27,28)20-12-9-17(10-13-20)23-25-22-21(7-4-14-24-22)26(23)19-11-8-16-5-2-3-6-18(16)15-19;23-29(27,28)19-11-8-16(9-12-19)21-25-20-6-3-13-24-22(20)26(21)18-10-7-15-4-1-2-5-17(15)14-18/h2-15H,1H3;1-14H,(H2,23,27,28). The Balaban J connectivity index is 0.000000150. The Morgan fingerprint density at radius 3 is 1.60 bits per heavy atom. The van der Waals surface area contributed by atoms with Gasteiger partial charge in [-0.3, -0.25) is 9.13 Å². The number of imidazole rings is 2. The Morgan fingerprint density at radius 1 is 0.500 bits per heavy atom. The zero-order chi connectivity index (χ0) is 40.0. The monoisotopic (exact) mass is 799 g/mol. The molecule has 0 aliphatic carbocycles. The first-order valence-corrected chi connectivity index (χ1v) is 21.5. The van der Waals surface area contributed by atoms with Crippen LogP contribution in [0.4, 0.5) is 0 Å². The van der Waals surface area contributed by atoms with Crippen molar-refractivity contribution in [2.45, 2.75) is 9.79 Å². The second-order valence-electron chi connectivity index (χ2n) is 13.7. The molecule has 4 aromatic heterocycles. The fraction of sp³-hybridized carbons (Fsp3) is 0.0222. The molecule has 4 heterocycles. The van der Waals surface area contributed by atoms with Gasteiger partial charge >= 0.3 is 0 Å². The van der Waals surface area contributed by atoms with Crippen LogP contribution < -0.4 is 5.14 Å². The molecule has 11 nitrogen and oxygen atoms in total. The lowest BCUT2D eigenvalue weighted by Gasteiger charge is -2.11. The first-order valence-electron chi connectivity index (χ1n) is 18.1. The highest BCUT2D eigenvalue weighted by atomic mass is 32.2. The quantitative estimate of drug-likeness (QED) is 0.176. The first-order chi connectivity index (χ1) is 28.0. The van der Waals surface area contributed by atoms with Crippen LogP contribution in [0.3, 0.4) is 0 Å². The molecule has 6 aromatic carbocycles. The Hall–Kier alpha value is -7.06. The van der Waals surface area contributed by atoms with E-state index in [4.69, 9.17) is 15.1 Å². The van der Waals surface area contributed by atoms with E-state index in [0.29, 0.717) is 17.3 Å². The lowest BCUT2D eigenvalue weighted by Crippen LogP contribution is -2.11. The second-order valence-corrected chi connectivity index (χ2v) is 17.2. The van der Waals surface area contributed by atoms with E-state index in [-0.39, 0.29) is 9.79 Å². The Morgan fingerprint density at radius 2 is 1.02 bits per heavy atom. The summed E-state index contributed by atoms with van der Waals surface area (Å²) in [6, 6.07) is 49.6. The zero-order valence-electron chi connectivity index (χ0n) is 30.9. The fourth-order valence-corrected chi connectivity index (χ4v) is 8.14. The third-order valence-electron chi connectivity index (χ3n) is 9.81. The van der Waals surface area contributed by atoms with Gasteiger partial charge in [0.2, 0.25) is 10.0 Å². The van der Waals surface area contributed by atoms with Gasteiger partial charge in [-0.2, -0.15) is 0 Å². The van der Waals surface area contributed by atoms with Crippen molar-refractivity contribution < 1.29 is 16.8 Å². The van der Waals surface area contributed by atoms with Crippen molar-refractivity contribution in [3.05, 3.63) is 170 Å². The SMILES string of the molecule is CS(=O)(=O)c1ccc(-c2nc3ncccc3n2-c2ccc3ccccc3c2)cc1.NS(=O)(=O)c1ccc(-c2nc3cccnc3n2-c2ccc3ccccc3c2)cc1. The van der Waals surface area contributed by atoms with Gasteiger partial charge < -0.3 is 0 Å². The molecule has 0 unspecified atom stereocenters. The topological polar surface area (TPSA) is 156 Å². The molecule has 0 spiro atoms. The van der Waals surface area contributed by atoms with Crippen LogP contribution >= 0.6 is 0 Å². The van der Waals surface area contributed by atoms with Crippen LogP contribution in [0.1, 0.15) is 0 Å². The van der Waals surface area contributed by atoms with Crippen molar-refractivity contribution in [3.8, 4) is 34.2 Å². The number of nitrogens with two attached hydrogens (primary N) is 1. The molecule has 58 heavy (non-hydrogen) atoms. The first kappa shape index (κ1) is 36.6. The molecule has 0 atom stereocenters. The zero-order valence-corrected chi connectivity index (χ0v) is 32.5. The molecular weight excluding hydrogens is 767 g/mol. The van der Waals surface area contributed by atoms with Gasteiger partial charge in [-0.05, 0) is 119 Å². The Bertz CT molecular complexity index is 3170. The van der Waals surface area contributed by atoms with E-state index in [9.17, 15) is 16.8 Å². The highest BCUT2D eigenvalue weighted by Crippen LogP contribution is 2.32. The van der Waals surface area contributed by atoms with Gasteiger partial charge in [0.05, 0.1) is 15.3 Å². The molecule has 0 saturated heterocycles. The van der Waals surface area contributed by atoms with Crippen LogP contribution in [-0.4, -0.2) is 52.2 Å². The van der Waals surface area contributed by atoms with Crippen molar-refractivity contribution in [1.82, 2.24) is 29.1 Å². The number of rotatable bonds is 6. The van der Waals surface area contributed by atoms with E-state index < -0.39 is 19.9 Å². The molecule has 0 saturated carbocycles. The fourth-order valence-electron chi connectivity index (χ4n) is 7.00. The van der Waals surface area contributed by atoms with Crippen LogP contribution in [0.15, 0.2) is 180 Å². The number of aromatic nitrogens is 6. The van der Waals surface area contributed by atoms with Crippen molar-refractivity contribution in [2.75, 3.05) is 6.26 Å². The number of primary sulfonamides is 1. The molecule has 10 rings (SSSR count). The predicted octanol–water partition coefficient (Wildman–Crippen LogP) is 8.53. The van der Waals surface area contributed by atoms with E-state index in [1.54, 1.807) is 48.8 Å². The van der Waals surface area contributed by atoms with E-state index in [0.717, 1.165) is 60.7 Å². The van der Waals surface area contributed by atoms with Crippen LogP contribution in [0.2, 0.25) is 0 Å². The van der Waals surface area contributed by atoms with E-state index >= 15 is 0 Å². The maximum absolute atomic E-state index is 11.8. The molecule has 0 radical (unpaired) electrons. The highest BCUT2D eigenvalue weighted by molar-refractivity contribution is 7.90. The number of benzene rings is 6. The average Bonchev–Trinajstić information content (AvgIpc) is 3.83. The van der Waals surface area contributed by atoms with Crippen LogP contribution in [-0.2, 0) is 19.9 Å². The van der Waals surface area contributed by atoms with Gasteiger partial charge in [0.25, 0.3) is 0 Å². The maximum atomic E-state index is 11.8. The third-order valence-corrected chi connectivity index (χ3v) is 11.9. The molecule has 2 N–H and O–H groups in total. The number of fused-ring (bicyclic) bond motifs is 4. The maximum Gasteiger partial charge on any atom is 0.238 e. The minimum absolute atomic E-state index is 0.0627. The van der Waals surface area contributed by atoms with Crippen molar-refractivity contribution in [2.24, 2.45) is 5.14 Å². The van der Waals surface area contributed by atoms with Crippen molar-refractivity contribution in [3.63, 3.8) is 0 Å². The van der Waals surface area contributed by atoms with Gasteiger partial charge in [-0.25, -0.2) is 41.9 Å². The molecular formula is C45H33N7O4S2. The van der Waals surface area contributed by atoms with Crippen LogP contribution in [0.25, 0.3) is 78.0 Å². The number of sulfone groups is 1. The molecule has 284 valence electrons. The van der Waals surface area contributed by atoms with Gasteiger partial charge in [0, 0.05) is 41.2 Å². The number of pyridine rings is 2. The van der Waals surface area contributed by atoms with Crippen molar-refractivity contribution >= 4 is 63.7 Å². The molecule has 0 amide bonds. The summed E-state index contributed by atoms with van der Waals surface area (Å²) in [6.45, 7) is 0. The van der Waals surface area contributed by atoms with Crippen LogP contribution in [0, 0.1) is 0 Å². The summed E-state index contributed by atoms with van der Waals surface area (Å²) in [5.41, 5.74) is 6.51. The van der Waals surface area contributed by atoms with E-state index in [1.165, 1.54) is 18.4 Å². The highest BCUT2D eigenvalue weighted by Gasteiger charge is 2.18. The predicted molar refractivity (Wildman–Crippen MR) is 228 cm³/mol. The van der Waals surface area contributed by atoms with Gasteiger partial charge in [0.15, 0.2) is 21.1 Å². The molecule has 0 fully saturated rings. The minimum Gasteiger partial charge on any atom is -0.291 e. The van der Waals surface area contributed by atoms with Gasteiger partial charge in [0.1, 0.15) is 17.2 Å². The van der Waals surface area contributed by atoms with E-state index in [2.05, 4.69) is 69.1 Å². The summed E-state index contributed by atoms with van der Waals surface area (Å²) in [7, 11) is -7.01. The number of hydrogen-bond donors (Lipinski definition) is 1. The van der Waals surface area contributed by atoms with Crippen LogP contribution in [0.5, 0.6) is 0 Å². The third kappa shape index (κ3) is 6.98. The molecule has 0 aliphatic rings. The number of nitrogens with zero attached hydrogens (tertiary/aromatic N) is 6. The molecule has 13 heteroatoms. The number of hydrogen-bond acceptors (Lipinski definition) is 8. The van der Waals surface area contributed by atoms with Gasteiger partial charge in [-0.15, -0.1) is 0 Å². The summed E-state index contributed by atoms with van der Waals surface area (Å²) in [5, 5.41) is 9.78. The summed E-state index contributed by atoms with van der Waals surface area (Å²) in [5.74, 6) is 1.39. The normalized spacial score (nSPS) is 11.9. The summed E-state index contributed by atoms with van der Waals surface area (Å²) in [4.78, 5) is 18.8. The lowest BCUT2D eigenvalue weighted by molar-refractivity contribution is 0.597. The summed E-state index contributed by atoms with van der Waals surface area (Å²) < 4.78 is 50.8. The molecule has 0 aliphatic heterocycles. The van der Waals surface area contributed by atoms with Gasteiger partial charge in [-0.1, -0.05) is 60.7 Å². The lowest BCUT2D eigenvalue weighted by atomic mass is 10.1. The van der Waals surface area contributed by atoms with Crippen molar-refractivity contribution in [1.29, 1.82) is 0 Å². The summed E-state index contributed by atoms with van der Waals surface area (Å²) in [6.07, 6.45) is 4.66. The molecule has 0 bridgehead atoms. The smallest absolute Gasteiger partial charge is 0.238 e. The Labute approximate surface area is 333 Å². The number of sulfonamides is 1.